The molecule has 0 saturated carbocycles. The van der Waals surface area contributed by atoms with Crippen LogP contribution in [-0.2, 0) is 0 Å². The monoisotopic (exact) mass is 486 g/mol. The van der Waals surface area contributed by atoms with Crippen molar-refractivity contribution in [2.45, 2.75) is 0 Å². The second-order valence-corrected chi connectivity index (χ2v) is 8.41. The van der Waals surface area contributed by atoms with Gasteiger partial charge in [0.1, 0.15) is 21.8 Å². The van der Waals surface area contributed by atoms with E-state index in [0.717, 1.165) is 10.9 Å². The first-order valence-electron chi connectivity index (χ1n) is 9.78. The Hall–Kier alpha value is -4.39. The zero-order valence-corrected chi connectivity index (χ0v) is 18.6. The third-order valence-corrected chi connectivity index (χ3v) is 6.24. The molecule has 10 heteroatoms. The fraction of sp³-hybridized carbons (Fsp3) is 0. The molecule has 8 nitrogen and oxygen atoms in total. The second kappa shape index (κ2) is 8.51. The number of thiazole rings is 1. The summed E-state index contributed by atoms with van der Waals surface area (Å²) >= 11 is 7.49. The topological polar surface area (TPSA) is 123 Å². The van der Waals surface area contributed by atoms with Crippen LogP contribution in [0.15, 0.2) is 69.2 Å². The molecule has 2 aromatic carbocycles. The SMILES string of the molecule is N#C/C(=C\c1cc2ccccc2nc1Cl)c1nc(-c2cc3cc([N+](=O)[O-])ccc3oc2=O)cs1. The molecule has 0 fully saturated rings. The number of hydrogen-bond donors (Lipinski definition) is 0. The molecule has 3 heterocycles. The summed E-state index contributed by atoms with van der Waals surface area (Å²) < 4.78 is 5.31. The van der Waals surface area contributed by atoms with Gasteiger partial charge in [-0.05, 0) is 30.3 Å². The van der Waals surface area contributed by atoms with Crippen LogP contribution in [-0.4, -0.2) is 14.9 Å². The molecule has 0 radical (unpaired) electrons. The Labute approximate surface area is 200 Å². The molecule has 0 spiro atoms. The first-order valence-corrected chi connectivity index (χ1v) is 11.0. The van der Waals surface area contributed by atoms with Gasteiger partial charge in [-0.15, -0.1) is 11.3 Å². The average molecular weight is 487 g/mol. The average Bonchev–Trinajstić information content (AvgIpc) is 3.31. The van der Waals surface area contributed by atoms with Crippen molar-refractivity contribution in [2.24, 2.45) is 0 Å². The van der Waals surface area contributed by atoms with Crippen molar-refractivity contribution in [1.82, 2.24) is 9.97 Å². The highest BCUT2D eigenvalue weighted by atomic mass is 35.5. The molecule has 164 valence electrons. The molecule has 0 unspecified atom stereocenters. The summed E-state index contributed by atoms with van der Waals surface area (Å²) in [4.78, 5) is 31.9. The van der Waals surface area contributed by atoms with Gasteiger partial charge in [0.2, 0.25) is 0 Å². The van der Waals surface area contributed by atoms with E-state index in [0.29, 0.717) is 21.7 Å². The number of rotatable bonds is 4. The highest BCUT2D eigenvalue weighted by Crippen LogP contribution is 2.30. The van der Waals surface area contributed by atoms with E-state index in [4.69, 9.17) is 16.0 Å². The third kappa shape index (κ3) is 3.92. The van der Waals surface area contributed by atoms with Crippen LogP contribution in [0.2, 0.25) is 5.15 Å². The number of fused-ring (bicyclic) bond motifs is 2. The van der Waals surface area contributed by atoms with Gasteiger partial charge >= 0.3 is 5.63 Å². The Morgan fingerprint density at radius 3 is 2.76 bits per heavy atom. The van der Waals surface area contributed by atoms with E-state index in [1.54, 1.807) is 11.5 Å². The number of allylic oxidation sites excluding steroid dienone is 1. The quantitative estimate of drug-likeness (QED) is 0.0989. The standard InChI is InChI=1S/C24H11ClN4O4S/c25-22-15(7-13-3-1-2-4-19(13)27-22)8-16(11-26)23-28-20(12-34-23)18-10-14-9-17(29(31)32)5-6-21(14)33-24(18)30/h1-10,12H/b16-8+. The summed E-state index contributed by atoms with van der Waals surface area (Å²) in [5.41, 5.74) is 1.45. The number of halogens is 1. The number of nitro benzene ring substituents is 1. The molecule has 5 aromatic rings. The third-order valence-electron chi connectivity index (χ3n) is 5.06. The van der Waals surface area contributed by atoms with E-state index in [2.05, 4.69) is 16.0 Å². The normalized spacial score (nSPS) is 11.6. The van der Waals surface area contributed by atoms with Gasteiger partial charge in [-0.25, -0.2) is 14.8 Å². The molecular formula is C24H11ClN4O4S. The van der Waals surface area contributed by atoms with Gasteiger partial charge in [0.25, 0.3) is 5.69 Å². The van der Waals surface area contributed by atoms with Crippen molar-refractivity contribution in [1.29, 1.82) is 5.26 Å². The van der Waals surface area contributed by atoms with Gasteiger partial charge in [0.05, 0.1) is 27.3 Å². The van der Waals surface area contributed by atoms with E-state index in [1.807, 2.05) is 30.3 Å². The van der Waals surface area contributed by atoms with E-state index in [9.17, 15) is 20.2 Å². The molecule has 34 heavy (non-hydrogen) atoms. The Kier molecular flexibility index (Phi) is 5.37. The molecule has 0 atom stereocenters. The zero-order valence-electron chi connectivity index (χ0n) is 17.1. The number of aromatic nitrogens is 2. The molecule has 0 aliphatic rings. The lowest BCUT2D eigenvalue weighted by Crippen LogP contribution is -2.03. The Morgan fingerprint density at radius 2 is 1.97 bits per heavy atom. The summed E-state index contributed by atoms with van der Waals surface area (Å²) in [6.45, 7) is 0. The van der Waals surface area contributed by atoms with Crippen molar-refractivity contribution in [2.75, 3.05) is 0 Å². The van der Waals surface area contributed by atoms with Crippen LogP contribution in [0.3, 0.4) is 0 Å². The molecule has 0 saturated heterocycles. The van der Waals surface area contributed by atoms with Crippen molar-refractivity contribution >= 4 is 62.1 Å². The predicted molar refractivity (Wildman–Crippen MR) is 130 cm³/mol. The Balaban J connectivity index is 1.56. The van der Waals surface area contributed by atoms with Crippen LogP contribution in [0.25, 0.3) is 44.8 Å². The van der Waals surface area contributed by atoms with E-state index in [-0.39, 0.29) is 27.6 Å². The number of pyridine rings is 1. The van der Waals surface area contributed by atoms with Crippen molar-refractivity contribution in [3.8, 4) is 17.3 Å². The van der Waals surface area contributed by atoms with Crippen LogP contribution in [0.5, 0.6) is 0 Å². The number of benzene rings is 2. The van der Waals surface area contributed by atoms with Crippen LogP contribution < -0.4 is 5.63 Å². The maximum atomic E-state index is 12.5. The van der Waals surface area contributed by atoms with Crippen LogP contribution >= 0.6 is 22.9 Å². The van der Waals surface area contributed by atoms with Crippen LogP contribution in [0.1, 0.15) is 10.6 Å². The van der Waals surface area contributed by atoms with E-state index < -0.39 is 10.5 Å². The summed E-state index contributed by atoms with van der Waals surface area (Å²) in [5.74, 6) is 0. The molecule has 0 aliphatic heterocycles. The lowest BCUT2D eigenvalue weighted by molar-refractivity contribution is -0.384. The Bertz CT molecular complexity index is 1750. The molecule has 0 bridgehead atoms. The zero-order chi connectivity index (χ0) is 23.8. The van der Waals surface area contributed by atoms with Crippen molar-refractivity contribution in [3.63, 3.8) is 0 Å². The summed E-state index contributed by atoms with van der Waals surface area (Å²) in [5, 5.41) is 24.3. The van der Waals surface area contributed by atoms with Crippen LogP contribution in [0, 0.1) is 21.4 Å². The first kappa shape index (κ1) is 21.5. The predicted octanol–water partition coefficient (Wildman–Crippen LogP) is 6.09. The van der Waals surface area contributed by atoms with Gasteiger partial charge in [0, 0.05) is 33.8 Å². The van der Waals surface area contributed by atoms with Crippen LogP contribution in [0.4, 0.5) is 5.69 Å². The van der Waals surface area contributed by atoms with E-state index >= 15 is 0 Å². The first-order chi connectivity index (χ1) is 16.4. The van der Waals surface area contributed by atoms with Gasteiger partial charge in [-0.3, -0.25) is 10.1 Å². The molecule has 0 amide bonds. The highest BCUT2D eigenvalue weighted by molar-refractivity contribution is 7.11. The molecular weight excluding hydrogens is 476 g/mol. The number of nitrogens with zero attached hydrogens (tertiary/aromatic N) is 4. The van der Waals surface area contributed by atoms with Crippen molar-refractivity contribution < 1.29 is 9.34 Å². The number of non-ortho nitro benzene ring substituents is 1. The smallest absolute Gasteiger partial charge is 0.345 e. The van der Waals surface area contributed by atoms with E-state index in [1.165, 1.54) is 35.6 Å². The number of nitriles is 1. The van der Waals surface area contributed by atoms with Gasteiger partial charge < -0.3 is 4.42 Å². The highest BCUT2D eigenvalue weighted by Gasteiger charge is 2.16. The minimum Gasteiger partial charge on any atom is -0.422 e. The number of para-hydroxylation sites is 1. The number of nitro groups is 1. The van der Waals surface area contributed by atoms with Gasteiger partial charge in [-0.2, -0.15) is 5.26 Å². The fourth-order valence-electron chi connectivity index (χ4n) is 3.43. The lowest BCUT2D eigenvalue weighted by Gasteiger charge is -2.03. The molecule has 0 aliphatic carbocycles. The maximum Gasteiger partial charge on any atom is 0.345 e. The molecule has 5 rings (SSSR count). The Morgan fingerprint density at radius 1 is 1.15 bits per heavy atom. The minimum atomic E-state index is -0.637. The lowest BCUT2D eigenvalue weighted by atomic mass is 10.1. The fourth-order valence-corrected chi connectivity index (χ4v) is 4.42. The largest absolute Gasteiger partial charge is 0.422 e. The summed E-state index contributed by atoms with van der Waals surface area (Å²) in [7, 11) is 0. The second-order valence-electron chi connectivity index (χ2n) is 7.20. The summed E-state index contributed by atoms with van der Waals surface area (Å²) in [6, 6.07) is 16.9. The molecule has 0 N–H and O–H groups in total. The minimum absolute atomic E-state index is 0.123. The van der Waals surface area contributed by atoms with Gasteiger partial charge in [0.15, 0.2) is 0 Å². The molecule has 3 aromatic heterocycles. The maximum absolute atomic E-state index is 12.5. The number of hydrogen-bond acceptors (Lipinski definition) is 8. The summed E-state index contributed by atoms with van der Waals surface area (Å²) in [6.07, 6.45) is 1.59. The van der Waals surface area contributed by atoms with Gasteiger partial charge in [-0.1, -0.05) is 29.8 Å². The van der Waals surface area contributed by atoms with Crippen molar-refractivity contribution in [3.05, 3.63) is 96.2 Å².